The van der Waals surface area contributed by atoms with Crippen molar-refractivity contribution in [3.63, 3.8) is 0 Å². The van der Waals surface area contributed by atoms with E-state index < -0.39 is 0 Å². The standard InChI is InChI=1S/C15H12BNO2/c18-16-12-8-6-11-7-9-15(17-14(11)10-12)19-13-4-2-1-3-5-13/h1-10,16,18H. The summed E-state index contributed by atoms with van der Waals surface area (Å²) in [6.07, 6.45) is 0. The molecule has 0 radical (unpaired) electrons. The highest BCUT2D eigenvalue weighted by molar-refractivity contribution is 6.45. The number of nitrogens with zero attached hydrogens (tertiary/aromatic N) is 1. The lowest BCUT2D eigenvalue weighted by Crippen LogP contribution is -2.12. The summed E-state index contributed by atoms with van der Waals surface area (Å²) < 4.78 is 5.69. The fourth-order valence-corrected chi connectivity index (χ4v) is 1.91. The molecule has 0 atom stereocenters. The van der Waals surface area contributed by atoms with Crippen LogP contribution in [0.25, 0.3) is 10.9 Å². The van der Waals surface area contributed by atoms with Gasteiger partial charge in [0.25, 0.3) is 0 Å². The smallest absolute Gasteiger partial charge is 0.304 e. The molecule has 0 spiro atoms. The number of para-hydroxylation sites is 1. The Kier molecular flexibility index (Phi) is 3.17. The van der Waals surface area contributed by atoms with Crippen LogP contribution in [-0.4, -0.2) is 17.5 Å². The molecule has 19 heavy (non-hydrogen) atoms. The van der Waals surface area contributed by atoms with Gasteiger partial charge in [-0.1, -0.05) is 35.8 Å². The predicted octanol–water partition coefficient (Wildman–Crippen LogP) is 2.00. The molecule has 0 saturated carbocycles. The van der Waals surface area contributed by atoms with Gasteiger partial charge in [0.2, 0.25) is 5.88 Å². The van der Waals surface area contributed by atoms with Gasteiger partial charge in [0, 0.05) is 11.5 Å². The van der Waals surface area contributed by atoms with E-state index in [0.29, 0.717) is 5.88 Å². The van der Waals surface area contributed by atoms with Crippen molar-refractivity contribution in [2.75, 3.05) is 0 Å². The molecule has 3 aromatic rings. The Hall–Kier alpha value is -2.33. The number of rotatable bonds is 3. The Bertz CT molecular complexity index is 701. The second kappa shape index (κ2) is 5.12. The SMILES string of the molecule is OBc1ccc2ccc(Oc3ccccc3)nc2c1. The van der Waals surface area contributed by atoms with Crippen molar-refractivity contribution >= 4 is 23.8 Å². The number of hydrogen-bond acceptors (Lipinski definition) is 3. The molecule has 0 unspecified atom stereocenters. The summed E-state index contributed by atoms with van der Waals surface area (Å²) in [6.45, 7) is 0. The summed E-state index contributed by atoms with van der Waals surface area (Å²) in [5.41, 5.74) is 1.66. The Morgan fingerprint density at radius 2 is 1.74 bits per heavy atom. The summed E-state index contributed by atoms with van der Waals surface area (Å²) in [5, 5.41) is 10.2. The number of aromatic nitrogens is 1. The van der Waals surface area contributed by atoms with Gasteiger partial charge in [-0.05, 0) is 24.3 Å². The summed E-state index contributed by atoms with van der Waals surface area (Å²) in [6, 6.07) is 19.0. The van der Waals surface area contributed by atoms with E-state index in [4.69, 9.17) is 9.76 Å². The zero-order chi connectivity index (χ0) is 13.1. The topological polar surface area (TPSA) is 42.4 Å². The fraction of sp³-hybridized carbons (Fsp3) is 0. The minimum Gasteiger partial charge on any atom is -0.449 e. The van der Waals surface area contributed by atoms with Crippen LogP contribution in [0.2, 0.25) is 0 Å². The molecule has 0 amide bonds. The quantitative estimate of drug-likeness (QED) is 0.722. The fourth-order valence-electron chi connectivity index (χ4n) is 1.91. The zero-order valence-electron chi connectivity index (χ0n) is 10.3. The Labute approximate surface area is 111 Å². The second-order valence-electron chi connectivity index (χ2n) is 4.25. The van der Waals surface area contributed by atoms with Gasteiger partial charge in [-0.3, -0.25) is 0 Å². The van der Waals surface area contributed by atoms with Crippen molar-refractivity contribution in [2.24, 2.45) is 0 Å². The summed E-state index contributed by atoms with van der Waals surface area (Å²) in [4.78, 5) is 4.45. The highest BCUT2D eigenvalue weighted by Crippen LogP contribution is 2.21. The molecule has 0 saturated heterocycles. The number of hydrogen-bond donors (Lipinski definition) is 1. The highest BCUT2D eigenvalue weighted by atomic mass is 16.5. The second-order valence-corrected chi connectivity index (χ2v) is 4.25. The van der Waals surface area contributed by atoms with Gasteiger partial charge in [-0.2, -0.15) is 0 Å². The van der Waals surface area contributed by atoms with Crippen molar-refractivity contribution in [3.8, 4) is 11.6 Å². The first kappa shape index (κ1) is 11.7. The van der Waals surface area contributed by atoms with E-state index in [0.717, 1.165) is 22.1 Å². The molecule has 1 N–H and O–H groups in total. The average Bonchev–Trinajstić information content (AvgIpc) is 2.47. The molecule has 0 bridgehead atoms. The molecule has 3 nitrogen and oxygen atoms in total. The van der Waals surface area contributed by atoms with Gasteiger partial charge in [-0.15, -0.1) is 0 Å². The summed E-state index contributed by atoms with van der Waals surface area (Å²) in [5.74, 6) is 1.31. The van der Waals surface area contributed by atoms with Crippen LogP contribution in [0.1, 0.15) is 0 Å². The molecule has 4 heteroatoms. The average molecular weight is 249 g/mol. The van der Waals surface area contributed by atoms with E-state index in [1.165, 1.54) is 0 Å². The Morgan fingerprint density at radius 3 is 2.53 bits per heavy atom. The number of fused-ring (bicyclic) bond motifs is 1. The first-order chi connectivity index (χ1) is 9.35. The van der Waals surface area contributed by atoms with Crippen molar-refractivity contribution in [1.29, 1.82) is 0 Å². The van der Waals surface area contributed by atoms with Crippen LogP contribution >= 0.6 is 0 Å². The third-order valence-electron chi connectivity index (χ3n) is 2.88. The third-order valence-corrected chi connectivity index (χ3v) is 2.88. The van der Waals surface area contributed by atoms with E-state index in [2.05, 4.69) is 4.98 Å². The monoisotopic (exact) mass is 249 g/mol. The first-order valence-corrected chi connectivity index (χ1v) is 6.08. The predicted molar refractivity (Wildman–Crippen MR) is 77.3 cm³/mol. The van der Waals surface area contributed by atoms with Crippen LogP contribution < -0.4 is 10.2 Å². The highest BCUT2D eigenvalue weighted by Gasteiger charge is 2.02. The van der Waals surface area contributed by atoms with E-state index >= 15 is 0 Å². The summed E-state index contributed by atoms with van der Waals surface area (Å²) in [7, 11) is 0.0153. The largest absolute Gasteiger partial charge is 0.449 e. The van der Waals surface area contributed by atoms with Crippen LogP contribution in [0.15, 0.2) is 60.7 Å². The molecule has 0 aliphatic heterocycles. The molecular formula is C15H12BNO2. The summed E-state index contributed by atoms with van der Waals surface area (Å²) >= 11 is 0. The first-order valence-electron chi connectivity index (χ1n) is 6.08. The number of benzene rings is 2. The minimum atomic E-state index is 0.0153. The molecule has 0 aliphatic rings. The van der Waals surface area contributed by atoms with E-state index in [-0.39, 0.29) is 7.48 Å². The van der Waals surface area contributed by atoms with Gasteiger partial charge in [0.15, 0.2) is 0 Å². The Balaban J connectivity index is 1.96. The van der Waals surface area contributed by atoms with Crippen LogP contribution in [0, 0.1) is 0 Å². The lowest BCUT2D eigenvalue weighted by atomic mass is 9.88. The maximum Gasteiger partial charge on any atom is 0.304 e. The van der Waals surface area contributed by atoms with Crippen LogP contribution in [0.3, 0.4) is 0 Å². The van der Waals surface area contributed by atoms with E-state index in [1.54, 1.807) is 0 Å². The molecular weight excluding hydrogens is 237 g/mol. The minimum absolute atomic E-state index is 0.0153. The van der Waals surface area contributed by atoms with Gasteiger partial charge in [-0.25, -0.2) is 4.98 Å². The number of ether oxygens (including phenoxy) is 1. The van der Waals surface area contributed by atoms with Crippen molar-refractivity contribution in [3.05, 3.63) is 60.7 Å². The van der Waals surface area contributed by atoms with Gasteiger partial charge >= 0.3 is 7.48 Å². The van der Waals surface area contributed by atoms with Crippen molar-refractivity contribution < 1.29 is 9.76 Å². The van der Waals surface area contributed by atoms with Crippen LogP contribution in [0.5, 0.6) is 11.6 Å². The van der Waals surface area contributed by atoms with Gasteiger partial charge in [0.1, 0.15) is 5.75 Å². The molecule has 0 aliphatic carbocycles. The van der Waals surface area contributed by atoms with Gasteiger partial charge in [0.05, 0.1) is 5.52 Å². The molecule has 1 aromatic heterocycles. The lowest BCUT2D eigenvalue weighted by molar-refractivity contribution is 0.465. The molecule has 2 aromatic carbocycles. The van der Waals surface area contributed by atoms with E-state index in [1.807, 2.05) is 60.7 Å². The molecule has 92 valence electrons. The van der Waals surface area contributed by atoms with Crippen LogP contribution in [-0.2, 0) is 0 Å². The molecule has 0 fully saturated rings. The number of pyridine rings is 1. The van der Waals surface area contributed by atoms with Crippen molar-refractivity contribution in [1.82, 2.24) is 4.98 Å². The maximum absolute atomic E-state index is 9.14. The van der Waals surface area contributed by atoms with Gasteiger partial charge < -0.3 is 9.76 Å². The normalized spacial score (nSPS) is 10.4. The third kappa shape index (κ3) is 2.58. The molecule has 3 rings (SSSR count). The lowest BCUT2D eigenvalue weighted by Gasteiger charge is -2.06. The zero-order valence-corrected chi connectivity index (χ0v) is 10.3. The van der Waals surface area contributed by atoms with E-state index in [9.17, 15) is 0 Å². The molecule has 1 heterocycles. The van der Waals surface area contributed by atoms with Crippen LogP contribution in [0.4, 0.5) is 0 Å². The Morgan fingerprint density at radius 1 is 0.947 bits per heavy atom. The van der Waals surface area contributed by atoms with Crippen molar-refractivity contribution in [2.45, 2.75) is 0 Å². The maximum atomic E-state index is 9.14.